The highest BCUT2D eigenvalue weighted by atomic mass is 16.4. The molecule has 0 bridgehead atoms. The second-order valence-electron chi connectivity index (χ2n) is 4.39. The summed E-state index contributed by atoms with van der Waals surface area (Å²) < 4.78 is 2.97. The molecule has 1 amide bonds. The SMILES string of the molecule is Cc1nn(C)cc1CNC(=O)Cn1ccc(C(=O)O)n1. The van der Waals surface area contributed by atoms with E-state index in [0.29, 0.717) is 6.54 Å². The lowest BCUT2D eigenvalue weighted by atomic mass is 10.2. The first kappa shape index (κ1) is 13.8. The van der Waals surface area contributed by atoms with Crippen molar-refractivity contribution < 1.29 is 14.7 Å². The number of aryl methyl sites for hydroxylation is 2. The maximum absolute atomic E-state index is 11.7. The Kier molecular flexibility index (Phi) is 3.83. The predicted molar refractivity (Wildman–Crippen MR) is 69.0 cm³/mol. The van der Waals surface area contributed by atoms with Crippen molar-refractivity contribution in [2.24, 2.45) is 7.05 Å². The Morgan fingerprint density at radius 1 is 1.40 bits per heavy atom. The standard InChI is InChI=1S/C12H15N5O3/c1-8-9(6-16(2)14-8)5-13-11(18)7-17-4-3-10(15-17)12(19)20/h3-4,6H,5,7H2,1-2H3,(H,13,18)(H,19,20). The topological polar surface area (TPSA) is 102 Å². The van der Waals surface area contributed by atoms with Crippen molar-refractivity contribution >= 4 is 11.9 Å². The first-order valence-corrected chi connectivity index (χ1v) is 5.98. The van der Waals surface area contributed by atoms with Gasteiger partial charge in [0, 0.05) is 31.5 Å². The maximum Gasteiger partial charge on any atom is 0.356 e. The van der Waals surface area contributed by atoms with Crippen LogP contribution >= 0.6 is 0 Å². The van der Waals surface area contributed by atoms with Crippen molar-refractivity contribution in [2.45, 2.75) is 20.0 Å². The van der Waals surface area contributed by atoms with E-state index in [-0.39, 0.29) is 18.1 Å². The normalized spacial score (nSPS) is 10.5. The van der Waals surface area contributed by atoms with Gasteiger partial charge in [-0.05, 0) is 13.0 Å². The molecule has 0 saturated heterocycles. The number of nitrogens with zero attached hydrogens (tertiary/aromatic N) is 4. The van der Waals surface area contributed by atoms with Crippen molar-refractivity contribution in [2.75, 3.05) is 0 Å². The lowest BCUT2D eigenvalue weighted by molar-refractivity contribution is -0.122. The molecule has 0 saturated carbocycles. The van der Waals surface area contributed by atoms with E-state index in [1.807, 2.05) is 20.2 Å². The number of amides is 1. The van der Waals surface area contributed by atoms with Gasteiger partial charge in [-0.1, -0.05) is 0 Å². The molecule has 0 atom stereocenters. The predicted octanol–water partition coefficient (Wildman–Crippen LogP) is -0.0604. The number of rotatable bonds is 5. The fourth-order valence-electron chi connectivity index (χ4n) is 1.78. The van der Waals surface area contributed by atoms with Crippen LogP contribution in [0.15, 0.2) is 18.5 Å². The van der Waals surface area contributed by atoms with Crippen LogP contribution in [0.3, 0.4) is 0 Å². The Hall–Kier alpha value is -2.64. The third kappa shape index (κ3) is 3.22. The zero-order valence-corrected chi connectivity index (χ0v) is 11.2. The van der Waals surface area contributed by atoms with E-state index in [0.717, 1.165) is 11.3 Å². The highest BCUT2D eigenvalue weighted by molar-refractivity contribution is 5.85. The van der Waals surface area contributed by atoms with Crippen molar-refractivity contribution in [3.8, 4) is 0 Å². The number of carbonyl (C=O) groups excluding carboxylic acids is 1. The van der Waals surface area contributed by atoms with Crippen LogP contribution < -0.4 is 5.32 Å². The van der Waals surface area contributed by atoms with Crippen molar-refractivity contribution in [3.63, 3.8) is 0 Å². The van der Waals surface area contributed by atoms with Gasteiger partial charge in [-0.2, -0.15) is 10.2 Å². The molecule has 2 aromatic rings. The van der Waals surface area contributed by atoms with E-state index in [1.165, 1.54) is 16.9 Å². The van der Waals surface area contributed by atoms with Crippen LogP contribution in [0.5, 0.6) is 0 Å². The fourth-order valence-corrected chi connectivity index (χ4v) is 1.78. The van der Waals surface area contributed by atoms with E-state index < -0.39 is 5.97 Å². The van der Waals surface area contributed by atoms with Gasteiger partial charge < -0.3 is 10.4 Å². The number of aromatic nitrogens is 4. The summed E-state index contributed by atoms with van der Waals surface area (Å²) in [5, 5.41) is 19.4. The first-order valence-electron chi connectivity index (χ1n) is 5.98. The molecule has 2 rings (SSSR count). The Morgan fingerprint density at radius 2 is 2.15 bits per heavy atom. The second-order valence-corrected chi connectivity index (χ2v) is 4.39. The Bertz CT molecular complexity index is 643. The van der Waals surface area contributed by atoms with E-state index in [2.05, 4.69) is 15.5 Å². The lowest BCUT2D eigenvalue weighted by Gasteiger charge is -2.04. The summed E-state index contributed by atoms with van der Waals surface area (Å²) in [6, 6.07) is 1.35. The molecular formula is C12H15N5O3. The summed E-state index contributed by atoms with van der Waals surface area (Å²) in [6.07, 6.45) is 3.30. The maximum atomic E-state index is 11.7. The zero-order valence-electron chi connectivity index (χ0n) is 11.2. The minimum absolute atomic E-state index is 0.0212. The van der Waals surface area contributed by atoms with Crippen LogP contribution in [-0.4, -0.2) is 36.5 Å². The third-order valence-electron chi connectivity index (χ3n) is 2.76. The molecule has 20 heavy (non-hydrogen) atoms. The minimum atomic E-state index is -1.12. The van der Waals surface area contributed by atoms with E-state index in [9.17, 15) is 9.59 Å². The van der Waals surface area contributed by atoms with E-state index >= 15 is 0 Å². The molecule has 2 heterocycles. The summed E-state index contributed by atoms with van der Waals surface area (Å²) in [4.78, 5) is 22.4. The molecule has 0 aliphatic carbocycles. The second kappa shape index (κ2) is 5.55. The Balaban J connectivity index is 1.89. The zero-order chi connectivity index (χ0) is 14.7. The first-order chi connectivity index (χ1) is 9.45. The highest BCUT2D eigenvalue weighted by Gasteiger charge is 2.10. The van der Waals surface area contributed by atoms with E-state index in [1.54, 1.807) is 4.68 Å². The van der Waals surface area contributed by atoms with Gasteiger partial charge in [-0.15, -0.1) is 0 Å². The third-order valence-corrected chi connectivity index (χ3v) is 2.76. The van der Waals surface area contributed by atoms with Crippen molar-refractivity contribution in [3.05, 3.63) is 35.4 Å². The summed E-state index contributed by atoms with van der Waals surface area (Å²) in [7, 11) is 1.81. The molecule has 0 unspecified atom stereocenters. The Labute approximate surface area is 115 Å². The fraction of sp³-hybridized carbons (Fsp3) is 0.333. The van der Waals surface area contributed by atoms with E-state index in [4.69, 9.17) is 5.11 Å². The van der Waals surface area contributed by atoms with Gasteiger partial charge in [0.1, 0.15) is 6.54 Å². The van der Waals surface area contributed by atoms with Gasteiger partial charge in [0.15, 0.2) is 5.69 Å². The van der Waals surface area contributed by atoms with Crippen LogP contribution in [-0.2, 0) is 24.9 Å². The number of carbonyl (C=O) groups is 2. The summed E-state index contributed by atoms with van der Waals surface area (Å²) in [5.74, 6) is -1.36. The Morgan fingerprint density at radius 3 is 2.70 bits per heavy atom. The van der Waals surface area contributed by atoms with Crippen LogP contribution in [0.25, 0.3) is 0 Å². The van der Waals surface area contributed by atoms with Crippen LogP contribution in [0.2, 0.25) is 0 Å². The van der Waals surface area contributed by atoms with Crippen LogP contribution in [0.1, 0.15) is 21.7 Å². The van der Waals surface area contributed by atoms with Gasteiger partial charge in [-0.3, -0.25) is 14.2 Å². The van der Waals surface area contributed by atoms with Crippen LogP contribution in [0.4, 0.5) is 0 Å². The summed E-state index contributed by atoms with van der Waals surface area (Å²) >= 11 is 0. The number of aromatic carboxylic acids is 1. The quantitative estimate of drug-likeness (QED) is 0.797. The highest BCUT2D eigenvalue weighted by Crippen LogP contribution is 2.03. The minimum Gasteiger partial charge on any atom is -0.476 e. The van der Waals surface area contributed by atoms with Gasteiger partial charge in [0.2, 0.25) is 5.91 Å². The average molecular weight is 277 g/mol. The molecule has 0 spiro atoms. The van der Waals surface area contributed by atoms with Gasteiger partial charge >= 0.3 is 5.97 Å². The largest absolute Gasteiger partial charge is 0.476 e. The summed E-state index contributed by atoms with van der Waals surface area (Å²) in [6.45, 7) is 2.23. The molecule has 2 aromatic heterocycles. The van der Waals surface area contributed by atoms with Crippen molar-refractivity contribution in [1.82, 2.24) is 24.9 Å². The number of hydrogen-bond acceptors (Lipinski definition) is 4. The molecule has 106 valence electrons. The molecule has 0 radical (unpaired) electrons. The monoisotopic (exact) mass is 277 g/mol. The molecule has 0 aromatic carbocycles. The molecule has 0 aliphatic heterocycles. The summed E-state index contributed by atoms with van der Waals surface area (Å²) in [5.41, 5.74) is 1.72. The molecule has 2 N–H and O–H groups in total. The molecule has 0 aliphatic rings. The number of carboxylic acids is 1. The van der Waals surface area contributed by atoms with Gasteiger partial charge in [0.25, 0.3) is 0 Å². The van der Waals surface area contributed by atoms with Gasteiger partial charge in [0.05, 0.1) is 5.69 Å². The molecule has 0 fully saturated rings. The smallest absolute Gasteiger partial charge is 0.356 e. The van der Waals surface area contributed by atoms with Crippen LogP contribution in [0, 0.1) is 6.92 Å². The number of carboxylic acid groups (broad SMARTS) is 1. The van der Waals surface area contributed by atoms with Crippen molar-refractivity contribution in [1.29, 1.82) is 0 Å². The number of hydrogen-bond donors (Lipinski definition) is 2. The molecular weight excluding hydrogens is 262 g/mol. The molecule has 8 nitrogen and oxygen atoms in total. The lowest BCUT2D eigenvalue weighted by Crippen LogP contribution is -2.27. The molecule has 8 heteroatoms. The van der Waals surface area contributed by atoms with Gasteiger partial charge in [-0.25, -0.2) is 4.79 Å². The average Bonchev–Trinajstić information content (AvgIpc) is 2.94. The number of nitrogens with one attached hydrogen (secondary N) is 1.